The molecule has 2 rings (SSSR count). The van der Waals surface area contributed by atoms with Crippen molar-refractivity contribution in [3.63, 3.8) is 0 Å². The number of anilines is 3. The van der Waals surface area contributed by atoms with E-state index in [-0.39, 0.29) is 34.8 Å². The normalized spacial score (nSPS) is 10.1. The number of halogens is 2. The van der Waals surface area contributed by atoms with Crippen molar-refractivity contribution in [1.82, 2.24) is 0 Å². The SMILES string of the molecule is COc1ccc(NC(=O)c2cc(NC(=O)CC(C)C)ccc2Cl)cc1N.Cl. The number of hydrogen-bond acceptors (Lipinski definition) is 4. The molecule has 2 aromatic rings. The van der Waals surface area contributed by atoms with Gasteiger partial charge in [0.25, 0.3) is 5.91 Å². The summed E-state index contributed by atoms with van der Waals surface area (Å²) >= 11 is 6.14. The Kier molecular flexibility index (Phi) is 8.40. The van der Waals surface area contributed by atoms with E-state index in [4.69, 9.17) is 22.1 Å². The molecule has 146 valence electrons. The Morgan fingerprint density at radius 2 is 1.74 bits per heavy atom. The Hall–Kier alpha value is -2.44. The van der Waals surface area contributed by atoms with Gasteiger partial charge in [-0.25, -0.2) is 0 Å². The lowest BCUT2D eigenvalue weighted by Crippen LogP contribution is -2.16. The molecule has 0 heterocycles. The number of amides is 2. The predicted octanol–water partition coefficient (Wildman–Crippen LogP) is 4.59. The highest BCUT2D eigenvalue weighted by atomic mass is 35.5. The highest BCUT2D eigenvalue weighted by Gasteiger charge is 2.14. The molecule has 6 nitrogen and oxygen atoms in total. The molecule has 0 aliphatic rings. The van der Waals surface area contributed by atoms with Crippen LogP contribution in [0.4, 0.5) is 17.1 Å². The summed E-state index contributed by atoms with van der Waals surface area (Å²) in [6.07, 6.45) is 0.398. The van der Waals surface area contributed by atoms with Gasteiger partial charge in [0, 0.05) is 17.8 Å². The third-order valence-corrected chi connectivity index (χ3v) is 3.91. The van der Waals surface area contributed by atoms with Gasteiger partial charge < -0.3 is 21.1 Å². The van der Waals surface area contributed by atoms with Crippen LogP contribution in [0.15, 0.2) is 36.4 Å². The second-order valence-electron chi connectivity index (χ2n) is 6.25. The average molecular weight is 412 g/mol. The van der Waals surface area contributed by atoms with Gasteiger partial charge in [-0.3, -0.25) is 9.59 Å². The largest absolute Gasteiger partial charge is 0.495 e. The first-order valence-electron chi connectivity index (χ1n) is 8.14. The predicted molar refractivity (Wildman–Crippen MR) is 112 cm³/mol. The number of nitrogens with one attached hydrogen (secondary N) is 2. The molecule has 0 aliphatic heterocycles. The van der Waals surface area contributed by atoms with Crippen molar-refractivity contribution >= 4 is 52.9 Å². The van der Waals surface area contributed by atoms with Gasteiger partial charge in [0.15, 0.2) is 0 Å². The lowest BCUT2D eigenvalue weighted by atomic mass is 10.1. The number of nitrogen functional groups attached to an aromatic ring is 1. The van der Waals surface area contributed by atoms with Crippen molar-refractivity contribution in [2.24, 2.45) is 5.92 Å². The van der Waals surface area contributed by atoms with E-state index in [9.17, 15) is 9.59 Å². The second-order valence-corrected chi connectivity index (χ2v) is 6.66. The molecule has 0 saturated heterocycles. The number of carbonyl (C=O) groups excluding carboxylic acids is 2. The van der Waals surface area contributed by atoms with Crippen LogP contribution in [0.1, 0.15) is 30.6 Å². The summed E-state index contributed by atoms with van der Waals surface area (Å²) < 4.78 is 5.09. The smallest absolute Gasteiger partial charge is 0.257 e. The van der Waals surface area contributed by atoms with Crippen LogP contribution in [0.3, 0.4) is 0 Å². The van der Waals surface area contributed by atoms with Crippen LogP contribution in [0, 0.1) is 5.92 Å². The first-order chi connectivity index (χ1) is 12.3. The Morgan fingerprint density at radius 3 is 2.33 bits per heavy atom. The Morgan fingerprint density at radius 1 is 1.11 bits per heavy atom. The Labute approximate surface area is 169 Å². The van der Waals surface area contributed by atoms with Crippen molar-refractivity contribution in [2.75, 3.05) is 23.5 Å². The van der Waals surface area contributed by atoms with E-state index in [0.717, 1.165) is 0 Å². The van der Waals surface area contributed by atoms with E-state index in [1.54, 1.807) is 36.4 Å². The maximum atomic E-state index is 12.5. The molecule has 2 amide bonds. The van der Waals surface area contributed by atoms with Crippen LogP contribution in [0.5, 0.6) is 5.75 Å². The molecule has 0 spiro atoms. The molecule has 0 unspecified atom stereocenters. The molecule has 2 aromatic carbocycles. The van der Waals surface area contributed by atoms with Crippen LogP contribution in [-0.2, 0) is 4.79 Å². The van der Waals surface area contributed by atoms with Gasteiger partial charge in [-0.15, -0.1) is 12.4 Å². The summed E-state index contributed by atoms with van der Waals surface area (Å²) in [5, 5.41) is 5.79. The molecule has 0 bridgehead atoms. The maximum Gasteiger partial charge on any atom is 0.257 e. The monoisotopic (exact) mass is 411 g/mol. The first-order valence-corrected chi connectivity index (χ1v) is 8.52. The molecule has 0 aromatic heterocycles. The maximum absolute atomic E-state index is 12.5. The van der Waals surface area contributed by atoms with E-state index >= 15 is 0 Å². The second kappa shape index (κ2) is 10.0. The molecule has 4 N–H and O–H groups in total. The highest BCUT2D eigenvalue weighted by molar-refractivity contribution is 6.34. The van der Waals surface area contributed by atoms with Gasteiger partial charge >= 0.3 is 0 Å². The number of hydrogen-bond donors (Lipinski definition) is 3. The van der Waals surface area contributed by atoms with Crippen LogP contribution in [0.2, 0.25) is 5.02 Å². The van der Waals surface area contributed by atoms with Gasteiger partial charge in [0.2, 0.25) is 5.91 Å². The van der Waals surface area contributed by atoms with E-state index < -0.39 is 5.91 Å². The van der Waals surface area contributed by atoms with Gasteiger partial charge in [-0.1, -0.05) is 25.4 Å². The van der Waals surface area contributed by atoms with Crippen LogP contribution in [0.25, 0.3) is 0 Å². The number of ether oxygens (including phenoxy) is 1. The fourth-order valence-electron chi connectivity index (χ4n) is 2.37. The highest BCUT2D eigenvalue weighted by Crippen LogP contribution is 2.26. The molecule has 0 aliphatic carbocycles. The third kappa shape index (κ3) is 6.34. The number of benzene rings is 2. The quantitative estimate of drug-likeness (QED) is 0.605. The molecule has 0 fully saturated rings. The van der Waals surface area contributed by atoms with Crippen molar-refractivity contribution in [2.45, 2.75) is 20.3 Å². The minimum atomic E-state index is -0.403. The number of carbonyl (C=O) groups is 2. The summed E-state index contributed by atoms with van der Waals surface area (Å²) in [6, 6.07) is 9.71. The summed E-state index contributed by atoms with van der Waals surface area (Å²) in [4.78, 5) is 24.4. The number of nitrogens with two attached hydrogens (primary N) is 1. The van der Waals surface area contributed by atoms with Crippen molar-refractivity contribution < 1.29 is 14.3 Å². The van der Waals surface area contributed by atoms with E-state index in [1.165, 1.54) is 7.11 Å². The van der Waals surface area contributed by atoms with E-state index in [2.05, 4.69) is 10.6 Å². The Bertz CT molecular complexity index is 826. The minimum Gasteiger partial charge on any atom is -0.495 e. The fraction of sp³-hybridized carbons (Fsp3) is 0.263. The van der Waals surface area contributed by atoms with Crippen molar-refractivity contribution in [1.29, 1.82) is 0 Å². The van der Waals surface area contributed by atoms with Crippen molar-refractivity contribution in [3.8, 4) is 5.75 Å². The first kappa shape index (κ1) is 22.6. The minimum absolute atomic E-state index is 0. The molecule has 8 heteroatoms. The Balaban J connectivity index is 0.00000364. The zero-order chi connectivity index (χ0) is 19.3. The van der Waals surface area contributed by atoms with Crippen LogP contribution >= 0.6 is 24.0 Å². The van der Waals surface area contributed by atoms with Gasteiger partial charge in [-0.05, 0) is 42.3 Å². The molecular formula is C19H23Cl2N3O3. The summed E-state index contributed by atoms with van der Waals surface area (Å²) in [5.41, 5.74) is 7.53. The fourth-order valence-corrected chi connectivity index (χ4v) is 2.57. The molecule has 0 atom stereocenters. The van der Waals surface area contributed by atoms with E-state index in [0.29, 0.717) is 29.2 Å². The number of rotatable bonds is 6. The average Bonchev–Trinajstić information content (AvgIpc) is 2.56. The van der Waals surface area contributed by atoms with Gasteiger partial charge in [-0.2, -0.15) is 0 Å². The zero-order valence-corrected chi connectivity index (χ0v) is 16.9. The topological polar surface area (TPSA) is 93.5 Å². The molecule has 0 saturated carbocycles. The number of methoxy groups -OCH3 is 1. The van der Waals surface area contributed by atoms with Crippen LogP contribution < -0.4 is 21.1 Å². The molecular weight excluding hydrogens is 389 g/mol. The van der Waals surface area contributed by atoms with Gasteiger partial charge in [0.05, 0.1) is 23.4 Å². The standard InChI is InChI=1S/C19H22ClN3O3.ClH/c1-11(2)8-18(24)22-12-4-6-15(20)14(9-12)19(25)23-13-5-7-17(26-3)16(21)10-13;/h4-7,9-11H,8,21H2,1-3H3,(H,22,24)(H,23,25);1H. The molecule has 27 heavy (non-hydrogen) atoms. The van der Waals surface area contributed by atoms with E-state index in [1.807, 2.05) is 13.8 Å². The van der Waals surface area contributed by atoms with Gasteiger partial charge in [0.1, 0.15) is 5.75 Å². The summed E-state index contributed by atoms with van der Waals surface area (Å²) in [7, 11) is 1.52. The summed E-state index contributed by atoms with van der Waals surface area (Å²) in [5.74, 6) is 0.248. The molecule has 0 radical (unpaired) electrons. The van der Waals surface area contributed by atoms with Crippen molar-refractivity contribution in [3.05, 3.63) is 47.0 Å². The lowest BCUT2D eigenvalue weighted by molar-refractivity contribution is -0.116. The third-order valence-electron chi connectivity index (χ3n) is 3.58. The summed E-state index contributed by atoms with van der Waals surface area (Å²) in [6.45, 7) is 3.92. The van der Waals surface area contributed by atoms with Crippen LogP contribution in [-0.4, -0.2) is 18.9 Å². The zero-order valence-electron chi connectivity index (χ0n) is 15.3. The lowest BCUT2D eigenvalue weighted by Gasteiger charge is -2.12.